The third kappa shape index (κ3) is 3.70. The van der Waals surface area contributed by atoms with E-state index < -0.39 is 0 Å². The Balaban J connectivity index is 1.99. The molecule has 1 fully saturated rings. The van der Waals surface area contributed by atoms with Crippen molar-refractivity contribution in [3.63, 3.8) is 0 Å². The van der Waals surface area contributed by atoms with Crippen LogP contribution in [0.5, 0.6) is 0 Å². The summed E-state index contributed by atoms with van der Waals surface area (Å²) in [6.45, 7) is 10.2. The van der Waals surface area contributed by atoms with E-state index in [1.807, 2.05) is 13.1 Å². The molecule has 130 valence electrons. The summed E-state index contributed by atoms with van der Waals surface area (Å²) in [6, 6.07) is 3.68. The number of fused-ring (bicyclic) bond motifs is 1. The minimum Gasteiger partial charge on any atom is -0.382 e. The van der Waals surface area contributed by atoms with Gasteiger partial charge in [0.2, 0.25) is 0 Å². The maximum atomic E-state index is 12.6. The second-order valence-corrected chi connectivity index (χ2v) is 6.79. The molecule has 3 rings (SSSR count). The van der Waals surface area contributed by atoms with E-state index in [0.717, 1.165) is 43.1 Å². The van der Waals surface area contributed by atoms with Crippen LogP contribution in [-0.2, 0) is 4.74 Å². The molecule has 0 saturated carbocycles. The Labute approximate surface area is 142 Å². The van der Waals surface area contributed by atoms with Gasteiger partial charge in [0.1, 0.15) is 5.82 Å². The topological polar surface area (TPSA) is 58.9 Å². The van der Waals surface area contributed by atoms with Crippen LogP contribution in [0.3, 0.4) is 0 Å². The van der Waals surface area contributed by atoms with Gasteiger partial charge in [-0.15, -0.1) is 0 Å². The quantitative estimate of drug-likeness (QED) is 0.911. The van der Waals surface area contributed by atoms with E-state index in [2.05, 4.69) is 30.1 Å². The first-order chi connectivity index (χ1) is 11.5. The van der Waals surface area contributed by atoms with Gasteiger partial charge >= 0.3 is 0 Å². The Hall–Kier alpha value is -2.08. The highest BCUT2D eigenvalue weighted by Gasteiger charge is 2.15. The lowest BCUT2D eigenvalue weighted by Gasteiger charge is -2.28. The average Bonchev–Trinajstić information content (AvgIpc) is 2.56. The average molecular weight is 330 g/mol. The lowest BCUT2D eigenvalue weighted by atomic mass is 10.1. The predicted molar refractivity (Wildman–Crippen MR) is 97.2 cm³/mol. The van der Waals surface area contributed by atoms with E-state index in [9.17, 15) is 4.79 Å². The molecule has 6 nitrogen and oxygen atoms in total. The molecule has 0 amide bonds. The highest BCUT2D eigenvalue weighted by Crippen LogP contribution is 2.20. The standard InChI is InChI=1S/C18H26N4O2/c1-13(2)4-5-19-15-10-14(3)12-22-17(23)11-16(20-18(15)22)21-6-8-24-9-7-21/h10-13,19H,4-9H2,1-3H3. The van der Waals surface area contributed by atoms with Crippen LogP contribution < -0.4 is 15.8 Å². The van der Waals surface area contributed by atoms with Crippen molar-refractivity contribution in [3.05, 3.63) is 34.2 Å². The van der Waals surface area contributed by atoms with Crippen LogP contribution in [0.25, 0.3) is 5.65 Å². The fourth-order valence-corrected chi connectivity index (χ4v) is 2.91. The molecule has 2 aromatic heterocycles. The molecule has 24 heavy (non-hydrogen) atoms. The first-order valence-corrected chi connectivity index (χ1v) is 8.65. The molecular formula is C18H26N4O2. The Morgan fingerprint density at radius 3 is 2.75 bits per heavy atom. The fourth-order valence-electron chi connectivity index (χ4n) is 2.91. The lowest BCUT2D eigenvalue weighted by Crippen LogP contribution is -2.37. The fraction of sp³-hybridized carbons (Fsp3) is 0.556. The summed E-state index contributed by atoms with van der Waals surface area (Å²) < 4.78 is 7.02. The monoisotopic (exact) mass is 330 g/mol. The molecular weight excluding hydrogens is 304 g/mol. The number of nitrogens with zero attached hydrogens (tertiary/aromatic N) is 3. The van der Waals surface area contributed by atoms with E-state index in [4.69, 9.17) is 9.72 Å². The Morgan fingerprint density at radius 2 is 2.04 bits per heavy atom. The minimum atomic E-state index is -0.0444. The number of anilines is 2. The molecule has 0 aliphatic carbocycles. The molecule has 2 aromatic rings. The van der Waals surface area contributed by atoms with Gasteiger partial charge in [-0.2, -0.15) is 0 Å². The largest absolute Gasteiger partial charge is 0.382 e. The summed E-state index contributed by atoms with van der Waals surface area (Å²) in [4.78, 5) is 19.4. The summed E-state index contributed by atoms with van der Waals surface area (Å²) >= 11 is 0. The van der Waals surface area contributed by atoms with Crippen molar-refractivity contribution in [3.8, 4) is 0 Å². The number of rotatable bonds is 5. The maximum absolute atomic E-state index is 12.6. The molecule has 1 N–H and O–H groups in total. The molecule has 6 heteroatoms. The van der Waals surface area contributed by atoms with Crippen molar-refractivity contribution < 1.29 is 4.74 Å². The number of aryl methyl sites for hydroxylation is 1. The highest BCUT2D eigenvalue weighted by molar-refractivity contribution is 5.70. The SMILES string of the molecule is Cc1cc(NCCC(C)C)c2nc(N3CCOCC3)cc(=O)n2c1. The third-order valence-electron chi connectivity index (χ3n) is 4.26. The van der Waals surface area contributed by atoms with Crippen molar-refractivity contribution in [1.82, 2.24) is 9.38 Å². The Morgan fingerprint density at radius 1 is 1.29 bits per heavy atom. The number of morpholine rings is 1. The van der Waals surface area contributed by atoms with Gasteiger partial charge < -0.3 is 15.0 Å². The molecule has 1 saturated heterocycles. The molecule has 0 radical (unpaired) electrons. The van der Waals surface area contributed by atoms with Gasteiger partial charge in [0.05, 0.1) is 18.9 Å². The summed E-state index contributed by atoms with van der Waals surface area (Å²) in [7, 11) is 0. The maximum Gasteiger partial charge on any atom is 0.260 e. The highest BCUT2D eigenvalue weighted by atomic mass is 16.5. The van der Waals surface area contributed by atoms with E-state index >= 15 is 0 Å². The normalized spacial score (nSPS) is 15.2. The van der Waals surface area contributed by atoms with Crippen molar-refractivity contribution in [2.24, 2.45) is 5.92 Å². The van der Waals surface area contributed by atoms with E-state index in [1.54, 1.807) is 10.5 Å². The summed E-state index contributed by atoms with van der Waals surface area (Å²) in [6.07, 6.45) is 2.93. The predicted octanol–water partition coefficient (Wildman–Crippen LogP) is 2.30. The van der Waals surface area contributed by atoms with Crippen LogP contribution in [0.1, 0.15) is 25.8 Å². The zero-order valence-corrected chi connectivity index (χ0v) is 14.7. The number of nitrogens with one attached hydrogen (secondary N) is 1. The van der Waals surface area contributed by atoms with Crippen molar-refractivity contribution in [2.45, 2.75) is 27.2 Å². The van der Waals surface area contributed by atoms with E-state index in [1.165, 1.54) is 0 Å². The zero-order chi connectivity index (χ0) is 17.1. The smallest absolute Gasteiger partial charge is 0.260 e. The van der Waals surface area contributed by atoms with Crippen LogP contribution in [0.2, 0.25) is 0 Å². The Kier molecular flexibility index (Phi) is 5.04. The van der Waals surface area contributed by atoms with Crippen LogP contribution in [0, 0.1) is 12.8 Å². The summed E-state index contributed by atoms with van der Waals surface area (Å²) in [5.41, 5.74) is 2.61. The van der Waals surface area contributed by atoms with Crippen molar-refractivity contribution in [1.29, 1.82) is 0 Å². The van der Waals surface area contributed by atoms with Gasteiger partial charge in [-0.25, -0.2) is 4.98 Å². The second-order valence-electron chi connectivity index (χ2n) is 6.79. The first kappa shape index (κ1) is 16.8. The molecule has 0 spiro atoms. The van der Waals surface area contributed by atoms with Gasteiger partial charge in [-0.3, -0.25) is 9.20 Å². The van der Waals surface area contributed by atoms with Crippen LogP contribution in [-0.4, -0.2) is 42.2 Å². The minimum absolute atomic E-state index is 0.0444. The number of hydrogen-bond acceptors (Lipinski definition) is 5. The van der Waals surface area contributed by atoms with Gasteiger partial charge in [-0.05, 0) is 30.9 Å². The van der Waals surface area contributed by atoms with Crippen molar-refractivity contribution in [2.75, 3.05) is 43.1 Å². The third-order valence-corrected chi connectivity index (χ3v) is 4.26. The zero-order valence-electron chi connectivity index (χ0n) is 14.7. The number of aromatic nitrogens is 2. The van der Waals surface area contributed by atoms with Gasteiger partial charge in [0.15, 0.2) is 5.65 Å². The Bertz CT molecular complexity index is 763. The first-order valence-electron chi connectivity index (χ1n) is 8.65. The number of ether oxygens (including phenoxy) is 1. The van der Waals surface area contributed by atoms with Gasteiger partial charge in [-0.1, -0.05) is 13.8 Å². The molecule has 1 aliphatic heterocycles. The molecule has 0 bridgehead atoms. The molecule has 3 heterocycles. The van der Waals surface area contributed by atoms with E-state index in [0.29, 0.717) is 24.8 Å². The van der Waals surface area contributed by atoms with Crippen LogP contribution in [0.4, 0.5) is 11.5 Å². The van der Waals surface area contributed by atoms with Crippen LogP contribution >= 0.6 is 0 Å². The van der Waals surface area contributed by atoms with Gasteiger partial charge in [0.25, 0.3) is 5.56 Å². The summed E-state index contributed by atoms with van der Waals surface area (Å²) in [5.74, 6) is 1.37. The van der Waals surface area contributed by atoms with Gasteiger partial charge in [0, 0.05) is 31.9 Å². The molecule has 0 unspecified atom stereocenters. The summed E-state index contributed by atoms with van der Waals surface area (Å²) in [5, 5.41) is 3.45. The molecule has 1 aliphatic rings. The number of hydrogen-bond donors (Lipinski definition) is 1. The number of pyridine rings is 1. The van der Waals surface area contributed by atoms with Crippen LogP contribution in [0.15, 0.2) is 23.1 Å². The molecule has 0 atom stereocenters. The lowest BCUT2D eigenvalue weighted by molar-refractivity contribution is 0.122. The second kappa shape index (κ2) is 7.21. The molecule has 0 aromatic carbocycles. The van der Waals surface area contributed by atoms with E-state index in [-0.39, 0.29) is 5.56 Å². The van der Waals surface area contributed by atoms with Crippen molar-refractivity contribution >= 4 is 17.2 Å².